The summed E-state index contributed by atoms with van der Waals surface area (Å²) < 4.78 is 25.1. The Morgan fingerprint density at radius 2 is 1.89 bits per heavy atom. The molecule has 0 amide bonds. The second-order valence-corrected chi connectivity index (χ2v) is 7.53. The molecule has 0 fully saturated rings. The van der Waals surface area contributed by atoms with E-state index in [1.165, 1.54) is 39.0 Å². The first-order chi connectivity index (χ1) is 8.06. The highest BCUT2D eigenvalue weighted by atomic mass is 35.5. The van der Waals surface area contributed by atoms with Crippen molar-refractivity contribution in [2.75, 3.05) is 4.72 Å². The zero-order valence-corrected chi connectivity index (χ0v) is 11.8. The van der Waals surface area contributed by atoms with Crippen LogP contribution in [0.5, 0.6) is 0 Å². The van der Waals surface area contributed by atoms with E-state index in [1.807, 2.05) is 0 Å². The predicted octanol–water partition coefficient (Wildman–Crippen LogP) is 2.58. The number of halogens is 1. The molecule has 1 aromatic rings. The Balaban J connectivity index is 3.33. The minimum absolute atomic E-state index is 0.0442. The number of anilines is 1. The minimum Gasteiger partial charge on any atom is -0.478 e. The fraction of sp³-hybridized carbons (Fsp3) is 0.364. The van der Waals surface area contributed by atoms with E-state index >= 15 is 0 Å². The first kappa shape index (κ1) is 14.8. The Kier molecular flexibility index (Phi) is 3.92. The molecule has 7 heteroatoms. The maximum Gasteiger partial charge on any atom is 0.337 e. The van der Waals surface area contributed by atoms with E-state index in [1.54, 1.807) is 0 Å². The van der Waals surface area contributed by atoms with E-state index in [0.29, 0.717) is 0 Å². The molecule has 1 aromatic carbocycles. The number of aromatic carboxylic acids is 1. The monoisotopic (exact) mass is 291 g/mol. The number of carbonyl (C=O) groups is 1. The van der Waals surface area contributed by atoms with Crippen molar-refractivity contribution in [3.63, 3.8) is 0 Å². The lowest BCUT2D eigenvalue weighted by molar-refractivity contribution is 0.0698. The van der Waals surface area contributed by atoms with Gasteiger partial charge in [0, 0.05) is 0 Å². The SMILES string of the molecule is CC(C)(C)S(=O)(=O)Nc1c(Cl)cccc1C(=O)O. The van der Waals surface area contributed by atoms with Gasteiger partial charge >= 0.3 is 5.97 Å². The van der Waals surface area contributed by atoms with Crippen molar-refractivity contribution in [2.45, 2.75) is 25.5 Å². The lowest BCUT2D eigenvalue weighted by Crippen LogP contribution is -2.34. The Morgan fingerprint density at radius 1 is 1.33 bits per heavy atom. The largest absolute Gasteiger partial charge is 0.478 e. The van der Waals surface area contributed by atoms with Crippen LogP contribution in [0.1, 0.15) is 31.1 Å². The Labute approximate surface area is 111 Å². The summed E-state index contributed by atoms with van der Waals surface area (Å²) in [6.07, 6.45) is 0. The van der Waals surface area contributed by atoms with Gasteiger partial charge in [-0.1, -0.05) is 17.7 Å². The van der Waals surface area contributed by atoms with Gasteiger partial charge in [-0.15, -0.1) is 0 Å². The number of benzene rings is 1. The summed E-state index contributed by atoms with van der Waals surface area (Å²) in [4.78, 5) is 11.0. The van der Waals surface area contributed by atoms with Crippen molar-refractivity contribution in [1.82, 2.24) is 0 Å². The molecule has 0 radical (unpaired) electrons. The zero-order chi connectivity index (χ0) is 14.1. The molecule has 100 valence electrons. The van der Waals surface area contributed by atoms with Gasteiger partial charge < -0.3 is 5.11 Å². The number of para-hydroxylation sites is 1. The van der Waals surface area contributed by atoms with E-state index < -0.39 is 20.7 Å². The number of rotatable bonds is 3. The molecule has 18 heavy (non-hydrogen) atoms. The number of nitrogens with one attached hydrogen (secondary N) is 1. The van der Waals surface area contributed by atoms with Crippen molar-refractivity contribution in [3.05, 3.63) is 28.8 Å². The van der Waals surface area contributed by atoms with Crippen molar-refractivity contribution in [2.24, 2.45) is 0 Å². The summed E-state index contributed by atoms with van der Waals surface area (Å²) in [5.41, 5.74) is -0.295. The van der Waals surface area contributed by atoms with Crippen LogP contribution in [-0.4, -0.2) is 24.2 Å². The molecule has 0 aliphatic carbocycles. The topological polar surface area (TPSA) is 83.5 Å². The molecule has 0 saturated heterocycles. The molecular weight excluding hydrogens is 278 g/mol. The van der Waals surface area contributed by atoms with Gasteiger partial charge in [0.15, 0.2) is 0 Å². The maximum atomic E-state index is 12.0. The zero-order valence-electron chi connectivity index (χ0n) is 10.2. The van der Waals surface area contributed by atoms with Gasteiger partial charge in [-0.2, -0.15) is 0 Å². The molecule has 0 saturated carbocycles. The van der Waals surface area contributed by atoms with E-state index in [2.05, 4.69) is 4.72 Å². The fourth-order valence-electron chi connectivity index (χ4n) is 1.09. The number of carboxylic acids is 1. The highest BCUT2D eigenvalue weighted by Crippen LogP contribution is 2.29. The van der Waals surface area contributed by atoms with Gasteiger partial charge in [0.2, 0.25) is 10.0 Å². The minimum atomic E-state index is -3.73. The van der Waals surface area contributed by atoms with Gasteiger partial charge in [0.1, 0.15) is 0 Å². The van der Waals surface area contributed by atoms with E-state index in [-0.39, 0.29) is 16.3 Å². The summed E-state index contributed by atoms with van der Waals surface area (Å²) in [7, 11) is -3.73. The Hall–Kier alpha value is -1.27. The van der Waals surface area contributed by atoms with E-state index in [4.69, 9.17) is 16.7 Å². The summed E-state index contributed by atoms with van der Waals surface area (Å²) in [5, 5.41) is 9.04. The van der Waals surface area contributed by atoms with Crippen LogP contribution in [0.4, 0.5) is 5.69 Å². The van der Waals surface area contributed by atoms with Crippen LogP contribution in [0.25, 0.3) is 0 Å². The van der Waals surface area contributed by atoms with Crippen LogP contribution in [0.15, 0.2) is 18.2 Å². The standard InChI is InChI=1S/C11H14ClNO4S/c1-11(2,3)18(16,17)13-9-7(10(14)15)5-4-6-8(9)12/h4-6,13H,1-3H3,(H,14,15). The molecule has 0 bridgehead atoms. The number of carboxylic acid groups (broad SMARTS) is 1. The smallest absolute Gasteiger partial charge is 0.337 e. The highest BCUT2D eigenvalue weighted by Gasteiger charge is 2.30. The summed E-state index contributed by atoms with van der Waals surface area (Å²) in [5.74, 6) is -1.25. The second-order valence-electron chi connectivity index (χ2n) is 4.69. The quantitative estimate of drug-likeness (QED) is 0.896. The van der Waals surface area contributed by atoms with Crippen LogP contribution in [0.3, 0.4) is 0 Å². The molecule has 0 aliphatic heterocycles. The van der Waals surface area contributed by atoms with Crippen LogP contribution >= 0.6 is 11.6 Å². The van der Waals surface area contributed by atoms with Crippen LogP contribution in [-0.2, 0) is 10.0 Å². The summed E-state index contributed by atoms with van der Waals surface area (Å²) in [6.45, 7) is 4.52. The third-order valence-electron chi connectivity index (χ3n) is 2.29. The molecule has 0 unspecified atom stereocenters. The molecule has 0 heterocycles. The van der Waals surface area contributed by atoms with Crippen LogP contribution in [0.2, 0.25) is 5.02 Å². The molecule has 2 N–H and O–H groups in total. The number of hydrogen-bond acceptors (Lipinski definition) is 3. The molecule has 0 aliphatic rings. The molecular formula is C11H14ClNO4S. The lowest BCUT2D eigenvalue weighted by Gasteiger charge is -2.21. The van der Waals surface area contributed by atoms with Crippen LogP contribution < -0.4 is 4.72 Å². The lowest BCUT2D eigenvalue weighted by atomic mass is 10.2. The average Bonchev–Trinajstić information content (AvgIpc) is 2.18. The first-order valence-corrected chi connectivity index (χ1v) is 6.96. The predicted molar refractivity (Wildman–Crippen MR) is 70.7 cm³/mol. The Morgan fingerprint density at radius 3 is 2.33 bits per heavy atom. The fourth-order valence-corrected chi connectivity index (χ4v) is 2.17. The molecule has 1 rings (SSSR count). The number of sulfonamides is 1. The third-order valence-corrected chi connectivity index (χ3v) is 4.69. The molecule has 5 nitrogen and oxygen atoms in total. The average molecular weight is 292 g/mol. The number of hydrogen-bond donors (Lipinski definition) is 2. The van der Waals surface area contributed by atoms with Gasteiger partial charge in [0.25, 0.3) is 0 Å². The van der Waals surface area contributed by atoms with E-state index in [9.17, 15) is 13.2 Å². The maximum absolute atomic E-state index is 12.0. The highest BCUT2D eigenvalue weighted by molar-refractivity contribution is 7.94. The second kappa shape index (κ2) is 4.78. The molecule has 0 aromatic heterocycles. The van der Waals surface area contributed by atoms with Gasteiger partial charge in [-0.3, -0.25) is 4.72 Å². The first-order valence-electron chi connectivity index (χ1n) is 5.10. The van der Waals surface area contributed by atoms with Crippen molar-refractivity contribution in [1.29, 1.82) is 0 Å². The summed E-state index contributed by atoms with van der Waals surface area (Å²) in [6, 6.07) is 4.16. The van der Waals surface area contributed by atoms with E-state index in [0.717, 1.165) is 0 Å². The van der Waals surface area contributed by atoms with Crippen LogP contribution in [0, 0.1) is 0 Å². The van der Waals surface area contributed by atoms with Gasteiger partial charge in [-0.25, -0.2) is 13.2 Å². The molecule has 0 spiro atoms. The van der Waals surface area contributed by atoms with Gasteiger partial charge in [0.05, 0.1) is 21.0 Å². The third kappa shape index (κ3) is 2.94. The normalized spacial score (nSPS) is 12.2. The van der Waals surface area contributed by atoms with Crippen molar-refractivity contribution < 1.29 is 18.3 Å². The Bertz CT molecular complexity index is 575. The van der Waals surface area contributed by atoms with Crippen molar-refractivity contribution >= 4 is 33.3 Å². The summed E-state index contributed by atoms with van der Waals surface area (Å²) >= 11 is 5.84. The van der Waals surface area contributed by atoms with Crippen molar-refractivity contribution in [3.8, 4) is 0 Å². The van der Waals surface area contributed by atoms with Gasteiger partial charge in [-0.05, 0) is 32.9 Å². The molecule has 0 atom stereocenters.